The van der Waals surface area contributed by atoms with Crippen LogP contribution in [0.2, 0.25) is 0 Å². The van der Waals surface area contributed by atoms with Gasteiger partial charge in [-0.05, 0) is 25.5 Å². The summed E-state index contributed by atoms with van der Waals surface area (Å²) in [5, 5.41) is 17.5. The fourth-order valence-electron chi connectivity index (χ4n) is 2.01. The maximum Gasteiger partial charge on any atom is 0.191 e. The topological polar surface area (TPSA) is 82.7 Å². The van der Waals surface area contributed by atoms with Crippen LogP contribution in [0, 0.1) is 0 Å². The van der Waals surface area contributed by atoms with E-state index in [1.807, 2.05) is 13.1 Å². The molecule has 0 aliphatic rings. The molecule has 24 heavy (non-hydrogen) atoms. The highest BCUT2D eigenvalue weighted by atomic mass is 127. The summed E-state index contributed by atoms with van der Waals surface area (Å²) in [7, 11) is 0. The number of rotatable bonds is 8. The lowest BCUT2D eigenvalue weighted by molar-refractivity contribution is 0.158. The van der Waals surface area contributed by atoms with Gasteiger partial charge in [0.2, 0.25) is 0 Å². The average Bonchev–Trinajstić information content (AvgIpc) is 3.23. The molecule has 0 aromatic carbocycles. The third kappa shape index (κ3) is 6.78. The minimum atomic E-state index is -0.730. The van der Waals surface area contributed by atoms with Crippen molar-refractivity contribution in [3.63, 3.8) is 0 Å². The van der Waals surface area contributed by atoms with E-state index in [-0.39, 0.29) is 30.5 Å². The lowest BCUT2D eigenvalue weighted by Crippen LogP contribution is -2.38. The molecular formula is C16H25IN4O2S. The Morgan fingerprint density at radius 2 is 2.25 bits per heavy atom. The fraction of sp³-hybridized carbons (Fsp3) is 0.500. The standard InChI is InChI=1S/C16H24N4O2S.HI/c1-3-12-10-19-15(23-12)7-8-18-16(17-4-2)20-11-13(21)14-6-5-9-22-14;/h5-6,9-10,13,21H,3-4,7-8,11H2,1-2H3,(H2,17,18,20);1H. The molecule has 134 valence electrons. The first kappa shape index (κ1) is 20.9. The smallest absolute Gasteiger partial charge is 0.191 e. The van der Waals surface area contributed by atoms with E-state index in [4.69, 9.17) is 4.42 Å². The number of hydrogen-bond acceptors (Lipinski definition) is 5. The largest absolute Gasteiger partial charge is 0.467 e. The Balaban J connectivity index is 0.00000288. The summed E-state index contributed by atoms with van der Waals surface area (Å²) in [6.45, 7) is 5.91. The highest BCUT2D eigenvalue weighted by Gasteiger charge is 2.10. The molecule has 2 aromatic heterocycles. The number of halogens is 1. The van der Waals surface area contributed by atoms with Crippen molar-refractivity contribution in [3.05, 3.63) is 40.2 Å². The Morgan fingerprint density at radius 1 is 1.42 bits per heavy atom. The molecule has 3 N–H and O–H groups in total. The molecule has 0 saturated heterocycles. The van der Waals surface area contributed by atoms with Crippen molar-refractivity contribution < 1.29 is 9.52 Å². The number of nitrogens with one attached hydrogen (secondary N) is 2. The van der Waals surface area contributed by atoms with Gasteiger partial charge in [0.25, 0.3) is 0 Å². The Labute approximate surface area is 163 Å². The van der Waals surface area contributed by atoms with Crippen molar-refractivity contribution >= 4 is 41.3 Å². The molecule has 2 rings (SSSR count). The van der Waals surface area contributed by atoms with Gasteiger partial charge in [-0.3, -0.25) is 4.99 Å². The highest BCUT2D eigenvalue weighted by Crippen LogP contribution is 2.14. The number of aromatic nitrogens is 1. The predicted molar refractivity (Wildman–Crippen MR) is 108 cm³/mol. The number of furan rings is 1. The third-order valence-electron chi connectivity index (χ3n) is 3.22. The van der Waals surface area contributed by atoms with E-state index in [9.17, 15) is 5.11 Å². The first-order chi connectivity index (χ1) is 11.2. The fourth-order valence-corrected chi connectivity index (χ4v) is 2.87. The second-order valence-electron chi connectivity index (χ2n) is 5.00. The first-order valence-corrected chi connectivity index (χ1v) is 8.71. The average molecular weight is 464 g/mol. The van der Waals surface area contributed by atoms with Crippen molar-refractivity contribution in [2.75, 3.05) is 19.6 Å². The molecule has 0 bridgehead atoms. The number of nitrogens with zero attached hydrogens (tertiary/aromatic N) is 2. The molecule has 0 radical (unpaired) electrons. The third-order valence-corrected chi connectivity index (χ3v) is 4.42. The maximum atomic E-state index is 10.00. The number of guanidine groups is 1. The van der Waals surface area contributed by atoms with E-state index in [0.717, 1.165) is 30.9 Å². The second-order valence-corrected chi connectivity index (χ2v) is 6.20. The quantitative estimate of drug-likeness (QED) is 0.318. The van der Waals surface area contributed by atoms with Crippen LogP contribution in [0.5, 0.6) is 0 Å². The normalized spacial score (nSPS) is 12.5. The summed E-state index contributed by atoms with van der Waals surface area (Å²) in [4.78, 5) is 10.1. The molecule has 0 spiro atoms. The van der Waals surface area contributed by atoms with E-state index in [0.29, 0.717) is 11.7 Å². The molecule has 1 unspecified atom stereocenters. The number of aliphatic hydroxyl groups is 1. The lowest BCUT2D eigenvalue weighted by atomic mass is 10.3. The minimum Gasteiger partial charge on any atom is -0.467 e. The van der Waals surface area contributed by atoms with E-state index in [1.165, 1.54) is 4.88 Å². The molecule has 6 nitrogen and oxygen atoms in total. The van der Waals surface area contributed by atoms with Gasteiger partial charge in [0.05, 0.1) is 17.8 Å². The first-order valence-electron chi connectivity index (χ1n) is 7.90. The van der Waals surface area contributed by atoms with Crippen molar-refractivity contribution in [1.82, 2.24) is 15.6 Å². The van der Waals surface area contributed by atoms with Gasteiger partial charge < -0.3 is 20.2 Å². The van der Waals surface area contributed by atoms with Gasteiger partial charge in [-0.25, -0.2) is 4.98 Å². The van der Waals surface area contributed by atoms with Gasteiger partial charge in [0.15, 0.2) is 5.96 Å². The van der Waals surface area contributed by atoms with Gasteiger partial charge in [-0.2, -0.15) is 0 Å². The summed E-state index contributed by atoms with van der Waals surface area (Å²) in [5.74, 6) is 1.21. The molecule has 0 saturated carbocycles. The van der Waals surface area contributed by atoms with Crippen LogP contribution >= 0.6 is 35.3 Å². The van der Waals surface area contributed by atoms with E-state index in [2.05, 4.69) is 27.5 Å². The van der Waals surface area contributed by atoms with Gasteiger partial charge in [0, 0.05) is 30.6 Å². The van der Waals surface area contributed by atoms with E-state index < -0.39 is 6.10 Å². The van der Waals surface area contributed by atoms with Gasteiger partial charge in [-0.15, -0.1) is 35.3 Å². The summed E-state index contributed by atoms with van der Waals surface area (Å²) in [6, 6.07) is 3.50. The van der Waals surface area contributed by atoms with Crippen LogP contribution in [0.1, 0.15) is 35.6 Å². The molecule has 1 atom stereocenters. The van der Waals surface area contributed by atoms with Crippen LogP contribution < -0.4 is 10.6 Å². The molecular weight excluding hydrogens is 439 g/mol. The van der Waals surface area contributed by atoms with Crippen molar-refractivity contribution in [2.45, 2.75) is 32.8 Å². The summed E-state index contributed by atoms with van der Waals surface area (Å²) >= 11 is 1.75. The van der Waals surface area contributed by atoms with Crippen LogP contribution in [-0.2, 0) is 12.8 Å². The number of thiazole rings is 1. The number of aliphatic imine (C=N–C) groups is 1. The van der Waals surface area contributed by atoms with Crippen LogP contribution in [0.4, 0.5) is 0 Å². The molecule has 0 aliphatic heterocycles. The molecule has 0 fully saturated rings. The van der Waals surface area contributed by atoms with Crippen LogP contribution in [-0.4, -0.2) is 35.7 Å². The monoisotopic (exact) mass is 464 g/mol. The van der Waals surface area contributed by atoms with Crippen molar-refractivity contribution in [2.24, 2.45) is 4.99 Å². The second kappa shape index (κ2) is 11.4. The Bertz CT molecular complexity index is 601. The number of hydrogen-bond donors (Lipinski definition) is 3. The Kier molecular flexibility index (Phi) is 9.96. The van der Waals surface area contributed by atoms with Crippen LogP contribution in [0.15, 0.2) is 34.0 Å². The van der Waals surface area contributed by atoms with Crippen molar-refractivity contribution in [1.29, 1.82) is 0 Å². The van der Waals surface area contributed by atoms with Gasteiger partial charge in [-0.1, -0.05) is 6.92 Å². The van der Waals surface area contributed by atoms with Gasteiger partial charge in [0.1, 0.15) is 11.9 Å². The summed E-state index contributed by atoms with van der Waals surface area (Å²) in [5.41, 5.74) is 0. The lowest BCUT2D eigenvalue weighted by Gasteiger charge is -2.11. The van der Waals surface area contributed by atoms with Crippen LogP contribution in [0.3, 0.4) is 0 Å². The maximum absolute atomic E-state index is 10.00. The minimum absolute atomic E-state index is 0. The van der Waals surface area contributed by atoms with Gasteiger partial charge >= 0.3 is 0 Å². The van der Waals surface area contributed by atoms with Crippen molar-refractivity contribution in [3.8, 4) is 0 Å². The zero-order valence-electron chi connectivity index (χ0n) is 14.0. The zero-order chi connectivity index (χ0) is 16.5. The molecule has 8 heteroatoms. The molecule has 0 aliphatic carbocycles. The Morgan fingerprint density at radius 3 is 2.88 bits per heavy atom. The predicted octanol–water partition coefficient (Wildman–Crippen LogP) is 2.75. The zero-order valence-corrected chi connectivity index (χ0v) is 17.1. The highest BCUT2D eigenvalue weighted by molar-refractivity contribution is 14.0. The summed E-state index contributed by atoms with van der Waals surface area (Å²) < 4.78 is 5.17. The Hall–Kier alpha value is -1.13. The van der Waals surface area contributed by atoms with E-state index >= 15 is 0 Å². The van der Waals surface area contributed by atoms with E-state index in [1.54, 1.807) is 29.7 Å². The number of aliphatic hydroxyl groups excluding tert-OH is 1. The molecule has 2 heterocycles. The summed E-state index contributed by atoms with van der Waals surface area (Å²) in [6.07, 6.45) is 4.64. The SMILES string of the molecule is CCNC(=NCC(O)c1ccco1)NCCc1ncc(CC)s1.I. The molecule has 2 aromatic rings. The van der Waals surface area contributed by atoms with Crippen LogP contribution in [0.25, 0.3) is 0 Å². The number of aryl methyl sites for hydroxylation is 1. The molecule has 0 amide bonds.